The quantitative estimate of drug-likeness (QED) is 0.842. The zero-order chi connectivity index (χ0) is 17.7. The van der Waals surface area contributed by atoms with Crippen LogP contribution < -0.4 is 5.32 Å². The third-order valence-corrected chi connectivity index (χ3v) is 4.74. The van der Waals surface area contributed by atoms with Gasteiger partial charge in [-0.1, -0.05) is 37.6 Å². The molecule has 0 saturated carbocycles. The molecule has 5 nitrogen and oxygen atoms in total. The summed E-state index contributed by atoms with van der Waals surface area (Å²) in [7, 11) is 1.40. The minimum atomic E-state index is -0.184. The second kappa shape index (κ2) is 8.38. The number of carbonyl (C=O) groups excluding carboxylic acids is 2. The van der Waals surface area contributed by atoms with Crippen LogP contribution in [0.25, 0.3) is 0 Å². The SMILES string of the molecule is COC(=O)C1CCN(C(=O)N[C@@H](c2ccc(Cl)cc2)C(C)C)CC1. The van der Waals surface area contributed by atoms with Crippen LogP contribution in [-0.2, 0) is 9.53 Å². The molecule has 0 radical (unpaired) electrons. The van der Waals surface area contributed by atoms with E-state index in [2.05, 4.69) is 19.2 Å². The van der Waals surface area contributed by atoms with E-state index < -0.39 is 0 Å². The Bertz CT molecular complexity index is 566. The van der Waals surface area contributed by atoms with E-state index in [4.69, 9.17) is 16.3 Å². The molecule has 1 saturated heterocycles. The highest BCUT2D eigenvalue weighted by molar-refractivity contribution is 6.30. The second-order valence-electron chi connectivity index (χ2n) is 6.51. The van der Waals surface area contributed by atoms with Gasteiger partial charge in [0.25, 0.3) is 0 Å². The van der Waals surface area contributed by atoms with Crippen LogP contribution in [0.15, 0.2) is 24.3 Å². The lowest BCUT2D eigenvalue weighted by atomic mass is 9.95. The molecule has 24 heavy (non-hydrogen) atoms. The van der Waals surface area contributed by atoms with Crippen molar-refractivity contribution in [1.29, 1.82) is 0 Å². The predicted octanol–water partition coefficient (Wildman–Crippen LogP) is 3.63. The number of methoxy groups -OCH3 is 1. The summed E-state index contributed by atoms with van der Waals surface area (Å²) < 4.78 is 4.78. The Kier molecular flexibility index (Phi) is 6.49. The molecule has 1 aromatic carbocycles. The Morgan fingerprint density at radius 3 is 2.29 bits per heavy atom. The van der Waals surface area contributed by atoms with Crippen LogP contribution in [0.4, 0.5) is 4.79 Å². The number of hydrogen-bond donors (Lipinski definition) is 1. The van der Waals surface area contributed by atoms with E-state index in [1.165, 1.54) is 7.11 Å². The lowest BCUT2D eigenvalue weighted by Gasteiger charge is -2.33. The highest BCUT2D eigenvalue weighted by atomic mass is 35.5. The number of rotatable bonds is 4. The molecule has 1 heterocycles. The summed E-state index contributed by atoms with van der Waals surface area (Å²) >= 11 is 5.94. The van der Waals surface area contributed by atoms with Gasteiger partial charge in [0.1, 0.15) is 0 Å². The number of nitrogens with zero attached hydrogens (tertiary/aromatic N) is 1. The maximum absolute atomic E-state index is 12.6. The third-order valence-electron chi connectivity index (χ3n) is 4.49. The molecule has 1 atom stereocenters. The summed E-state index contributed by atoms with van der Waals surface area (Å²) in [6.07, 6.45) is 1.29. The van der Waals surface area contributed by atoms with Crippen LogP contribution in [-0.4, -0.2) is 37.1 Å². The van der Waals surface area contributed by atoms with Crippen LogP contribution in [0.1, 0.15) is 38.3 Å². The number of halogens is 1. The van der Waals surface area contributed by atoms with Crippen LogP contribution >= 0.6 is 11.6 Å². The molecular formula is C18H25ClN2O3. The summed E-state index contributed by atoms with van der Waals surface area (Å²) in [5.41, 5.74) is 1.03. The summed E-state index contributed by atoms with van der Waals surface area (Å²) in [6, 6.07) is 7.38. The number of likely N-dealkylation sites (tertiary alicyclic amines) is 1. The monoisotopic (exact) mass is 352 g/mol. The van der Waals surface area contributed by atoms with E-state index in [1.807, 2.05) is 24.3 Å². The normalized spacial score (nSPS) is 16.8. The summed E-state index contributed by atoms with van der Waals surface area (Å²) in [6.45, 7) is 5.28. The van der Waals surface area contributed by atoms with Gasteiger partial charge in [-0.2, -0.15) is 0 Å². The predicted molar refractivity (Wildman–Crippen MR) is 93.9 cm³/mol. The highest BCUT2D eigenvalue weighted by Crippen LogP contribution is 2.24. The minimum Gasteiger partial charge on any atom is -0.469 e. The van der Waals surface area contributed by atoms with Crippen molar-refractivity contribution in [3.05, 3.63) is 34.9 Å². The largest absolute Gasteiger partial charge is 0.469 e. The van der Waals surface area contributed by atoms with Crippen LogP contribution in [0.5, 0.6) is 0 Å². The molecule has 0 aromatic heterocycles. The van der Waals surface area contributed by atoms with E-state index in [1.54, 1.807) is 4.90 Å². The van der Waals surface area contributed by atoms with Gasteiger partial charge in [0.2, 0.25) is 0 Å². The smallest absolute Gasteiger partial charge is 0.317 e. The van der Waals surface area contributed by atoms with Crippen molar-refractivity contribution >= 4 is 23.6 Å². The van der Waals surface area contributed by atoms with Crippen molar-refractivity contribution in [3.8, 4) is 0 Å². The number of hydrogen-bond acceptors (Lipinski definition) is 3. The van der Waals surface area contributed by atoms with Gasteiger partial charge < -0.3 is 15.0 Å². The van der Waals surface area contributed by atoms with E-state index >= 15 is 0 Å². The minimum absolute atomic E-state index is 0.0758. The molecule has 1 N–H and O–H groups in total. The first kappa shape index (κ1) is 18.6. The Hall–Kier alpha value is -1.75. The van der Waals surface area contributed by atoms with Gasteiger partial charge in [-0.15, -0.1) is 0 Å². The van der Waals surface area contributed by atoms with Crippen molar-refractivity contribution in [2.75, 3.05) is 20.2 Å². The number of benzene rings is 1. The van der Waals surface area contributed by atoms with Gasteiger partial charge in [-0.3, -0.25) is 4.79 Å². The molecule has 0 unspecified atom stereocenters. The van der Waals surface area contributed by atoms with Gasteiger partial charge in [-0.25, -0.2) is 4.79 Å². The number of urea groups is 1. The first-order chi connectivity index (χ1) is 11.4. The Morgan fingerprint density at radius 2 is 1.79 bits per heavy atom. The van der Waals surface area contributed by atoms with Crippen molar-refractivity contribution < 1.29 is 14.3 Å². The lowest BCUT2D eigenvalue weighted by Crippen LogP contribution is -2.47. The molecule has 0 spiro atoms. The number of amides is 2. The number of esters is 1. The van der Waals surface area contributed by atoms with Gasteiger partial charge >= 0.3 is 12.0 Å². The van der Waals surface area contributed by atoms with Gasteiger partial charge in [0.05, 0.1) is 19.1 Å². The second-order valence-corrected chi connectivity index (χ2v) is 6.94. The molecule has 132 valence electrons. The van der Waals surface area contributed by atoms with Gasteiger partial charge in [-0.05, 0) is 36.5 Å². The van der Waals surface area contributed by atoms with Crippen LogP contribution in [0.3, 0.4) is 0 Å². The lowest BCUT2D eigenvalue weighted by molar-refractivity contribution is -0.146. The third kappa shape index (κ3) is 4.63. The number of carbonyl (C=O) groups is 2. The molecule has 2 rings (SSSR count). The number of piperidine rings is 1. The number of nitrogens with one attached hydrogen (secondary N) is 1. The molecule has 0 aliphatic carbocycles. The zero-order valence-electron chi connectivity index (χ0n) is 14.4. The summed E-state index contributed by atoms with van der Waals surface area (Å²) in [5.74, 6) is -0.0322. The summed E-state index contributed by atoms with van der Waals surface area (Å²) in [5, 5.41) is 3.79. The fraction of sp³-hybridized carbons (Fsp3) is 0.556. The maximum atomic E-state index is 12.6. The Morgan fingerprint density at radius 1 is 1.21 bits per heavy atom. The molecule has 2 amide bonds. The maximum Gasteiger partial charge on any atom is 0.317 e. The molecule has 1 aliphatic rings. The Balaban J connectivity index is 1.97. The fourth-order valence-electron chi connectivity index (χ4n) is 3.01. The van der Waals surface area contributed by atoms with Crippen molar-refractivity contribution in [2.45, 2.75) is 32.7 Å². The molecule has 0 bridgehead atoms. The number of ether oxygens (including phenoxy) is 1. The first-order valence-electron chi connectivity index (χ1n) is 8.31. The zero-order valence-corrected chi connectivity index (χ0v) is 15.2. The van der Waals surface area contributed by atoms with Crippen molar-refractivity contribution in [3.63, 3.8) is 0 Å². The van der Waals surface area contributed by atoms with E-state index in [9.17, 15) is 9.59 Å². The average molecular weight is 353 g/mol. The Labute approximate surface area is 148 Å². The molecule has 1 aromatic rings. The van der Waals surface area contributed by atoms with E-state index in [0.29, 0.717) is 31.0 Å². The molecular weight excluding hydrogens is 328 g/mol. The van der Waals surface area contributed by atoms with Gasteiger partial charge in [0, 0.05) is 18.1 Å². The van der Waals surface area contributed by atoms with Crippen LogP contribution in [0, 0.1) is 11.8 Å². The topological polar surface area (TPSA) is 58.6 Å². The molecule has 1 aliphatic heterocycles. The highest BCUT2D eigenvalue weighted by Gasteiger charge is 2.29. The van der Waals surface area contributed by atoms with E-state index in [0.717, 1.165) is 5.56 Å². The van der Waals surface area contributed by atoms with Crippen molar-refractivity contribution in [1.82, 2.24) is 10.2 Å². The average Bonchev–Trinajstić information content (AvgIpc) is 2.59. The van der Waals surface area contributed by atoms with Crippen LogP contribution in [0.2, 0.25) is 5.02 Å². The van der Waals surface area contributed by atoms with E-state index in [-0.39, 0.29) is 29.9 Å². The molecule has 1 fully saturated rings. The fourth-order valence-corrected chi connectivity index (χ4v) is 3.14. The van der Waals surface area contributed by atoms with Gasteiger partial charge in [0.15, 0.2) is 0 Å². The standard InChI is InChI=1S/C18H25ClN2O3/c1-12(2)16(13-4-6-15(19)7-5-13)20-18(23)21-10-8-14(9-11-21)17(22)24-3/h4-7,12,14,16H,8-11H2,1-3H3,(H,20,23)/t16-/m1/s1. The molecule has 6 heteroatoms. The van der Waals surface area contributed by atoms with Crippen molar-refractivity contribution in [2.24, 2.45) is 11.8 Å². The summed E-state index contributed by atoms with van der Waals surface area (Å²) in [4.78, 5) is 25.9. The first-order valence-corrected chi connectivity index (χ1v) is 8.69.